The summed E-state index contributed by atoms with van der Waals surface area (Å²) < 4.78 is 18.9. The fourth-order valence-corrected chi connectivity index (χ4v) is 2.16. The maximum atomic E-state index is 13.8. The topological polar surface area (TPSA) is 49.9 Å². The second-order valence-electron chi connectivity index (χ2n) is 4.28. The van der Waals surface area contributed by atoms with Crippen molar-refractivity contribution in [2.45, 2.75) is 13.0 Å². The zero-order valence-electron chi connectivity index (χ0n) is 10.1. The first-order valence-corrected chi connectivity index (χ1v) is 5.90. The fourth-order valence-electron chi connectivity index (χ4n) is 2.16. The lowest BCUT2D eigenvalue weighted by Gasteiger charge is -2.09. The maximum Gasteiger partial charge on any atom is 0.140 e. The number of aromatic nitrogens is 2. The monoisotopic (exact) mass is 247 g/mol. The van der Waals surface area contributed by atoms with Crippen LogP contribution in [0.5, 0.6) is 5.75 Å². The molecule has 0 fully saturated rings. The number of halogens is 1. The van der Waals surface area contributed by atoms with Gasteiger partial charge in [-0.1, -0.05) is 0 Å². The van der Waals surface area contributed by atoms with E-state index in [0.29, 0.717) is 17.1 Å². The van der Waals surface area contributed by atoms with Gasteiger partial charge in [0.1, 0.15) is 17.4 Å². The molecule has 0 aliphatic carbocycles. The van der Waals surface area contributed by atoms with E-state index in [9.17, 15) is 4.39 Å². The Bertz CT molecular complexity index is 556. The molecule has 0 bridgehead atoms. The number of ether oxygens (including phenoxy) is 1. The summed E-state index contributed by atoms with van der Waals surface area (Å²) in [6.07, 6.45) is 0.872. The molecule has 94 valence electrons. The van der Waals surface area contributed by atoms with Gasteiger partial charge >= 0.3 is 0 Å². The van der Waals surface area contributed by atoms with Gasteiger partial charge in [-0.25, -0.2) is 9.37 Å². The number of fused-ring (bicyclic) bond motifs is 1. The Labute approximate surface area is 104 Å². The normalized spacial score (nSPS) is 14.3. The van der Waals surface area contributed by atoms with Crippen LogP contribution in [0.1, 0.15) is 11.4 Å². The highest BCUT2D eigenvalue weighted by Crippen LogP contribution is 2.26. The Balaban J connectivity index is 2.06. The number of methoxy groups -OCH3 is 1. The third kappa shape index (κ3) is 1.86. The van der Waals surface area contributed by atoms with Gasteiger partial charge in [0.15, 0.2) is 0 Å². The minimum Gasteiger partial charge on any atom is -0.497 e. The van der Waals surface area contributed by atoms with Gasteiger partial charge in [-0.2, -0.15) is 0 Å². The molecule has 1 aromatic carbocycles. The zero-order chi connectivity index (χ0) is 12.5. The molecule has 0 unspecified atom stereocenters. The van der Waals surface area contributed by atoms with E-state index in [-0.39, 0.29) is 5.82 Å². The number of nitrogens with one attached hydrogen (secondary N) is 2. The first-order valence-electron chi connectivity index (χ1n) is 5.90. The van der Waals surface area contributed by atoms with Gasteiger partial charge in [0, 0.05) is 19.5 Å². The number of benzene rings is 1. The lowest BCUT2D eigenvalue weighted by atomic mass is 10.2. The van der Waals surface area contributed by atoms with E-state index in [1.54, 1.807) is 19.2 Å². The van der Waals surface area contributed by atoms with Crippen molar-refractivity contribution in [2.24, 2.45) is 0 Å². The van der Waals surface area contributed by atoms with Crippen LogP contribution in [0.15, 0.2) is 18.2 Å². The van der Waals surface area contributed by atoms with Crippen molar-refractivity contribution >= 4 is 0 Å². The van der Waals surface area contributed by atoms with Crippen LogP contribution in [-0.2, 0) is 13.0 Å². The molecule has 0 radical (unpaired) electrons. The average Bonchev–Trinajstić information content (AvgIpc) is 2.82. The van der Waals surface area contributed by atoms with Gasteiger partial charge in [0.05, 0.1) is 24.1 Å². The van der Waals surface area contributed by atoms with Crippen molar-refractivity contribution < 1.29 is 9.13 Å². The van der Waals surface area contributed by atoms with Crippen LogP contribution in [-0.4, -0.2) is 23.6 Å². The fraction of sp³-hybridized carbons (Fsp3) is 0.308. The largest absolute Gasteiger partial charge is 0.497 e. The Morgan fingerprint density at radius 3 is 3.06 bits per heavy atom. The highest BCUT2D eigenvalue weighted by molar-refractivity contribution is 5.59. The molecular formula is C13H14FN3O. The van der Waals surface area contributed by atoms with Crippen molar-refractivity contribution in [1.82, 2.24) is 15.3 Å². The molecule has 0 spiro atoms. The summed E-state index contributed by atoms with van der Waals surface area (Å²) in [6, 6.07) is 4.66. The highest BCUT2D eigenvalue weighted by atomic mass is 19.1. The third-order valence-electron chi connectivity index (χ3n) is 3.13. The van der Waals surface area contributed by atoms with Gasteiger partial charge in [0.25, 0.3) is 0 Å². The molecular weight excluding hydrogens is 233 g/mol. The van der Waals surface area contributed by atoms with Crippen molar-refractivity contribution in [3.05, 3.63) is 35.4 Å². The van der Waals surface area contributed by atoms with Crippen molar-refractivity contribution in [1.29, 1.82) is 0 Å². The molecule has 0 saturated carbocycles. The molecule has 1 aromatic heterocycles. The van der Waals surface area contributed by atoms with Gasteiger partial charge < -0.3 is 15.0 Å². The van der Waals surface area contributed by atoms with Crippen LogP contribution < -0.4 is 10.1 Å². The summed E-state index contributed by atoms with van der Waals surface area (Å²) in [5.74, 6) is 0.897. The van der Waals surface area contributed by atoms with Gasteiger partial charge in [-0.05, 0) is 18.2 Å². The Hall–Kier alpha value is -1.88. The summed E-state index contributed by atoms with van der Waals surface area (Å²) in [4.78, 5) is 7.64. The van der Waals surface area contributed by atoms with Crippen LogP contribution >= 0.6 is 0 Å². The lowest BCUT2D eigenvalue weighted by Crippen LogP contribution is -2.23. The Morgan fingerprint density at radius 1 is 1.39 bits per heavy atom. The third-order valence-corrected chi connectivity index (χ3v) is 3.13. The highest BCUT2D eigenvalue weighted by Gasteiger charge is 2.17. The van der Waals surface area contributed by atoms with Crippen LogP contribution in [0.2, 0.25) is 0 Å². The molecule has 0 saturated heterocycles. The lowest BCUT2D eigenvalue weighted by molar-refractivity contribution is 0.414. The molecule has 3 rings (SSSR count). The zero-order valence-corrected chi connectivity index (χ0v) is 10.1. The minimum atomic E-state index is -0.296. The molecule has 2 aromatic rings. The van der Waals surface area contributed by atoms with E-state index < -0.39 is 0 Å². The van der Waals surface area contributed by atoms with Crippen molar-refractivity contribution in [3.63, 3.8) is 0 Å². The molecule has 1 aliphatic heterocycles. The van der Waals surface area contributed by atoms with Gasteiger partial charge in [-0.3, -0.25) is 0 Å². The Morgan fingerprint density at radius 2 is 2.28 bits per heavy atom. The number of H-pyrrole nitrogens is 1. The number of imidazole rings is 1. The van der Waals surface area contributed by atoms with Crippen molar-refractivity contribution in [2.75, 3.05) is 13.7 Å². The summed E-state index contributed by atoms with van der Waals surface area (Å²) in [7, 11) is 1.56. The summed E-state index contributed by atoms with van der Waals surface area (Å²) >= 11 is 0. The second-order valence-corrected chi connectivity index (χ2v) is 4.28. The molecule has 0 amide bonds. The number of hydrogen-bond donors (Lipinski definition) is 2. The van der Waals surface area contributed by atoms with Crippen LogP contribution in [0.25, 0.3) is 11.4 Å². The molecule has 18 heavy (non-hydrogen) atoms. The number of aromatic amines is 1. The van der Waals surface area contributed by atoms with Crippen LogP contribution in [0.4, 0.5) is 4.39 Å². The summed E-state index contributed by atoms with van der Waals surface area (Å²) in [5.41, 5.74) is 2.51. The number of hydrogen-bond acceptors (Lipinski definition) is 3. The van der Waals surface area contributed by atoms with E-state index in [4.69, 9.17) is 4.74 Å². The molecule has 1 aliphatic rings. The van der Waals surface area contributed by atoms with E-state index in [2.05, 4.69) is 15.3 Å². The quantitative estimate of drug-likeness (QED) is 0.851. The first-order chi connectivity index (χ1) is 8.78. The van der Waals surface area contributed by atoms with Crippen LogP contribution in [0, 0.1) is 5.82 Å². The summed E-state index contributed by atoms with van der Waals surface area (Å²) in [5, 5.41) is 3.25. The van der Waals surface area contributed by atoms with Gasteiger partial charge in [0.2, 0.25) is 0 Å². The second kappa shape index (κ2) is 4.42. The van der Waals surface area contributed by atoms with Gasteiger partial charge in [-0.15, -0.1) is 0 Å². The molecule has 2 N–H and O–H groups in total. The van der Waals surface area contributed by atoms with E-state index in [0.717, 1.165) is 30.9 Å². The Kier molecular flexibility index (Phi) is 2.76. The molecule has 0 atom stereocenters. The molecule has 5 heteroatoms. The van der Waals surface area contributed by atoms with E-state index in [1.807, 2.05) is 0 Å². The molecule has 2 heterocycles. The van der Waals surface area contributed by atoms with Crippen LogP contribution in [0.3, 0.4) is 0 Å². The minimum absolute atomic E-state index is 0.296. The molecule has 4 nitrogen and oxygen atoms in total. The maximum absolute atomic E-state index is 13.8. The van der Waals surface area contributed by atoms with E-state index in [1.165, 1.54) is 6.07 Å². The number of rotatable bonds is 2. The smallest absolute Gasteiger partial charge is 0.140 e. The standard InChI is InChI=1S/C13H14FN3O/c1-18-8-2-3-10(14)9(6-8)13-16-11-4-5-15-7-12(11)17-13/h2-3,6,15H,4-5,7H2,1H3,(H,16,17). The SMILES string of the molecule is COc1ccc(F)c(-c2nc3c([nH]2)CNCC3)c1. The first kappa shape index (κ1) is 11.2. The average molecular weight is 247 g/mol. The predicted octanol–water partition coefficient (Wildman–Crippen LogP) is 1.87. The summed E-state index contributed by atoms with van der Waals surface area (Å²) in [6.45, 7) is 1.67. The number of nitrogens with zero attached hydrogens (tertiary/aromatic N) is 1. The predicted molar refractivity (Wildman–Crippen MR) is 65.9 cm³/mol. The van der Waals surface area contributed by atoms with E-state index >= 15 is 0 Å². The van der Waals surface area contributed by atoms with Crippen molar-refractivity contribution in [3.8, 4) is 17.1 Å².